The zero-order chi connectivity index (χ0) is 19.6. The zero-order valence-electron chi connectivity index (χ0n) is 16.0. The lowest BCUT2D eigenvalue weighted by Crippen LogP contribution is -2.33. The quantitative estimate of drug-likeness (QED) is 0.556. The summed E-state index contributed by atoms with van der Waals surface area (Å²) in [6.45, 7) is 5.39. The number of nitrogens with zero attached hydrogens (tertiary/aromatic N) is 2. The SMILES string of the molecule is Cc1nn(C)c(C)c1C(=O)C(=O)NC(C)c1ccc(-c2ccccc2)cc1. The van der Waals surface area contributed by atoms with Crippen LogP contribution in [0.1, 0.15) is 40.3 Å². The van der Waals surface area contributed by atoms with Crippen molar-refractivity contribution in [2.75, 3.05) is 0 Å². The molecule has 0 fully saturated rings. The Labute approximate surface area is 159 Å². The van der Waals surface area contributed by atoms with Crippen molar-refractivity contribution in [1.29, 1.82) is 0 Å². The second-order valence-electron chi connectivity index (χ2n) is 6.68. The van der Waals surface area contributed by atoms with Crippen molar-refractivity contribution < 1.29 is 9.59 Å². The summed E-state index contributed by atoms with van der Waals surface area (Å²) in [6, 6.07) is 17.8. The molecule has 0 aliphatic carbocycles. The van der Waals surface area contributed by atoms with Gasteiger partial charge in [-0.25, -0.2) is 0 Å². The number of hydrogen-bond donors (Lipinski definition) is 1. The lowest BCUT2D eigenvalue weighted by molar-refractivity contribution is -0.117. The van der Waals surface area contributed by atoms with Crippen molar-refractivity contribution in [2.45, 2.75) is 26.8 Å². The maximum absolute atomic E-state index is 12.5. The molecule has 0 bridgehead atoms. The summed E-state index contributed by atoms with van der Waals surface area (Å²) >= 11 is 0. The molecule has 3 aromatic rings. The van der Waals surface area contributed by atoms with Crippen molar-refractivity contribution >= 4 is 11.7 Å². The van der Waals surface area contributed by atoms with Crippen LogP contribution in [0, 0.1) is 13.8 Å². The molecule has 1 atom stereocenters. The molecule has 5 heteroatoms. The van der Waals surface area contributed by atoms with Gasteiger partial charge >= 0.3 is 0 Å². The summed E-state index contributed by atoms with van der Waals surface area (Å²) in [7, 11) is 1.76. The maximum atomic E-state index is 12.5. The number of ketones is 1. The van der Waals surface area contributed by atoms with E-state index in [1.165, 1.54) is 0 Å². The molecular formula is C22H23N3O2. The molecular weight excluding hydrogens is 338 g/mol. The average molecular weight is 361 g/mol. The Morgan fingerprint density at radius 3 is 2.11 bits per heavy atom. The Hall–Kier alpha value is -3.21. The van der Waals surface area contributed by atoms with Gasteiger partial charge in [0.25, 0.3) is 11.7 Å². The first-order chi connectivity index (χ1) is 12.9. The van der Waals surface area contributed by atoms with Crippen molar-refractivity contribution in [2.24, 2.45) is 7.05 Å². The molecule has 2 aromatic carbocycles. The number of nitrogens with one attached hydrogen (secondary N) is 1. The third kappa shape index (κ3) is 3.82. The molecule has 1 aromatic heterocycles. The van der Waals surface area contributed by atoms with Crippen LogP contribution in [-0.4, -0.2) is 21.5 Å². The Kier molecular flexibility index (Phi) is 5.21. The Bertz CT molecular complexity index is 973. The number of benzene rings is 2. The topological polar surface area (TPSA) is 64.0 Å². The molecule has 1 unspecified atom stereocenters. The highest BCUT2D eigenvalue weighted by atomic mass is 16.2. The van der Waals surface area contributed by atoms with Crippen LogP contribution in [0.15, 0.2) is 54.6 Å². The smallest absolute Gasteiger partial charge is 0.293 e. The van der Waals surface area contributed by atoms with Crippen LogP contribution < -0.4 is 5.32 Å². The molecule has 1 amide bonds. The lowest BCUT2D eigenvalue weighted by atomic mass is 10.0. The van der Waals surface area contributed by atoms with E-state index in [1.54, 1.807) is 25.6 Å². The number of amides is 1. The van der Waals surface area contributed by atoms with E-state index in [0.717, 1.165) is 16.7 Å². The van der Waals surface area contributed by atoms with Crippen LogP contribution in [0.3, 0.4) is 0 Å². The van der Waals surface area contributed by atoms with Gasteiger partial charge in [0.2, 0.25) is 0 Å². The van der Waals surface area contributed by atoms with E-state index in [2.05, 4.69) is 22.5 Å². The van der Waals surface area contributed by atoms with Crippen LogP contribution in [0.2, 0.25) is 0 Å². The highest BCUT2D eigenvalue weighted by Gasteiger charge is 2.25. The van der Waals surface area contributed by atoms with E-state index in [-0.39, 0.29) is 6.04 Å². The second kappa shape index (κ2) is 7.58. The van der Waals surface area contributed by atoms with Gasteiger partial charge in [-0.05, 0) is 37.5 Å². The number of carbonyl (C=O) groups excluding carboxylic acids is 2. The summed E-state index contributed by atoms with van der Waals surface area (Å²) in [5.41, 5.74) is 4.81. The highest BCUT2D eigenvalue weighted by molar-refractivity contribution is 6.43. The minimum atomic E-state index is -0.617. The zero-order valence-corrected chi connectivity index (χ0v) is 16.0. The molecule has 0 aliphatic heterocycles. The molecule has 5 nitrogen and oxygen atoms in total. The maximum Gasteiger partial charge on any atom is 0.293 e. The molecule has 0 saturated heterocycles. The molecule has 1 heterocycles. The van der Waals surface area contributed by atoms with Crippen molar-refractivity contribution in [1.82, 2.24) is 15.1 Å². The lowest BCUT2D eigenvalue weighted by Gasteiger charge is -2.14. The van der Waals surface area contributed by atoms with Crippen molar-refractivity contribution in [3.05, 3.63) is 77.1 Å². The molecule has 138 valence electrons. The third-order valence-electron chi connectivity index (χ3n) is 4.81. The fourth-order valence-corrected chi connectivity index (χ4v) is 3.16. The highest BCUT2D eigenvalue weighted by Crippen LogP contribution is 2.22. The number of carbonyl (C=O) groups is 2. The summed E-state index contributed by atoms with van der Waals surface area (Å²) in [5, 5.41) is 7.00. The normalized spacial score (nSPS) is 11.9. The number of aryl methyl sites for hydroxylation is 2. The molecule has 1 N–H and O–H groups in total. The van der Waals surface area contributed by atoms with Gasteiger partial charge < -0.3 is 5.32 Å². The molecule has 0 spiro atoms. The van der Waals surface area contributed by atoms with Gasteiger partial charge in [0, 0.05) is 12.7 Å². The first-order valence-electron chi connectivity index (χ1n) is 8.89. The summed E-state index contributed by atoms with van der Waals surface area (Å²) in [4.78, 5) is 25.0. The monoisotopic (exact) mass is 361 g/mol. The first kappa shape index (κ1) is 18.6. The third-order valence-corrected chi connectivity index (χ3v) is 4.81. The van der Waals surface area contributed by atoms with Gasteiger partial charge in [-0.1, -0.05) is 54.6 Å². The van der Waals surface area contributed by atoms with Crippen LogP contribution in [-0.2, 0) is 11.8 Å². The van der Waals surface area contributed by atoms with Crippen LogP contribution in [0.4, 0.5) is 0 Å². The van der Waals surface area contributed by atoms with Gasteiger partial charge in [0.1, 0.15) is 0 Å². The number of aromatic nitrogens is 2. The second-order valence-corrected chi connectivity index (χ2v) is 6.68. The minimum Gasteiger partial charge on any atom is -0.343 e. The van der Waals surface area contributed by atoms with Gasteiger partial charge in [-0.3, -0.25) is 14.3 Å². The largest absolute Gasteiger partial charge is 0.343 e. The number of hydrogen-bond acceptors (Lipinski definition) is 3. The molecule has 3 rings (SSSR count). The van der Waals surface area contributed by atoms with E-state index >= 15 is 0 Å². The van der Waals surface area contributed by atoms with E-state index in [1.807, 2.05) is 49.4 Å². The average Bonchev–Trinajstić information content (AvgIpc) is 2.93. The summed E-state index contributed by atoms with van der Waals surface area (Å²) in [6.07, 6.45) is 0. The fraction of sp³-hybridized carbons (Fsp3) is 0.227. The van der Waals surface area contributed by atoms with Crippen LogP contribution in [0.25, 0.3) is 11.1 Å². The summed E-state index contributed by atoms with van der Waals surface area (Å²) < 4.78 is 1.61. The Morgan fingerprint density at radius 1 is 0.963 bits per heavy atom. The predicted molar refractivity (Wildman–Crippen MR) is 105 cm³/mol. The van der Waals surface area contributed by atoms with Gasteiger partial charge in [0.15, 0.2) is 0 Å². The van der Waals surface area contributed by atoms with Crippen molar-refractivity contribution in [3.63, 3.8) is 0 Å². The Balaban J connectivity index is 1.72. The molecule has 0 radical (unpaired) electrons. The summed E-state index contributed by atoms with van der Waals surface area (Å²) in [5.74, 6) is -1.17. The van der Waals surface area contributed by atoms with Gasteiger partial charge in [-0.2, -0.15) is 5.10 Å². The van der Waals surface area contributed by atoms with E-state index < -0.39 is 11.7 Å². The van der Waals surface area contributed by atoms with Gasteiger partial charge in [0.05, 0.1) is 17.3 Å². The molecule has 27 heavy (non-hydrogen) atoms. The Morgan fingerprint density at radius 2 is 1.56 bits per heavy atom. The van der Waals surface area contributed by atoms with Crippen LogP contribution in [0.5, 0.6) is 0 Å². The fourth-order valence-electron chi connectivity index (χ4n) is 3.16. The number of Topliss-reactive ketones (excluding diaryl/α,β-unsaturated/α-hetero) is 1. The van der Waals surface area contributed by atoms with E-state index in [9.17, 15) is 9.59 Å². The van der Waals surface area contributed by atoms with E-state index in [4.69, 9.17) is 0 Å². The minimum absolute atomic E-state index is 0.274. The van der Waals surface area contributed by atoms with E-state index in [0.29, 0.717) is 17.0 Å². The molecule has 0 saturated carbocycles. The standard InChI is InChI=1S/C22H23N3O2/c1-14(17-10-12-19(13-11-17)18-8-6-5-7-9-18)23-22(27)21(26)20-15(2)24-25(4)16(20)3/h5-14H,1-4H3,(H,23,27). The van der Waals surface area contributed by atoms with Crippen molar-refractivity contribution in [3.8, 4) is 11.1 Å². The molecule has 0 aliphatic rings. The van der Waals surface area contributed by atoms with Gasteiger partial charge in [-0.15, -0.1) is 0 Å². The van der Waals surface area contributed by atoms with Crippen LogP contribution >= 0.6 is 0 Å². The number of rotatable bonds is 5. The first-order valence-corrected chi connectivity index (χ1v) is 8.89. The predicted octanol–water partition coefficient (Wildman–Crippen LogP) is 3.76.